The van der Waals surface area contributed by atoms with Crippen LogP contribution in [0.3, 0.4) is 0 Å². The Morgan fingerprint density at radius 1 is 1.26 bits per heavy atom. The van der Waals surface area contributed by atoms with Gasteiger partial charge < -0.3 is 15.4 Å². The minimum absolute atomic E-state index is 0.142. The van der Waals surface area contributed by atoms with Crippen molar-refractivity contribution in [2.75, 3.05) is 24.6 Å². The van der Waals surface area contributed by atoms with Gasteiger partial charge in [0.2, 0.25) is 0 Å². The Morgan fingerprint density at radius 2 is 1.96 bits per heavy atom. The highest BCUT2D eigenvalue weighted by atomic mass is 32.1. The lowest BCUT2D eigenvalue weighted by molar-refractivity contribution is -0.0277. The van der Waals surface area contributed by atoms with E-state index in [4.69, 9.17) is 15.5 Å². The van der Waals surface area contributed by atoms with Crippen molar-refractivity contribution in [3.05, 3.63) is 29.2 Å². The lowest BCUT2D eigenvalue weighted by Crippen LogP contribution is -2.48. The molecule has 2 aromatic heterocycles. The van der Waals surface area contributed by atoms with Crippen LogP contribution in [0.25, 0.3) is 10.4 Å². The molecule has 1 aliphatic rings. The van der Waals surface area contributed by atoms with Gasteiger partial charge in [0.05, 0.1) is 22.8 Å². The minimum Gasteiger partial charge on any atom is -0.372 e. The quantitative estimate of drug-likeness (QED) is 0.936. The van der Waals surface area contributed by atoms with Gasteiger partial charge in [-0.3, -0.25) is 4.98 Å². The number of nitrogens with zero attached hydrogens (tertiary/aromatic N) is 3. The Labute approximate surface area is 141 Å². The third-order valence-corrected chi connectivity index (χ3v) is 5.13. The van der Waals surface area contributed by atoms with Crippen LogP contribution in [0.1, 0.15) is 30.9 Å². The number of thiazole rings is 1. The summed E-state index contributed by atoms with van der Waals surface area (Å²) in [5.74, 6) is 0. The molecule has 0 amide bonds. The van der Waals surface area contributed by atoms with Crippen LogP contribution in [0.2, 0.25) is 0 Å². The first-order valence-corrected chi connectivity index (χ1v) is 8.74. The van der Waals surface area contributed by atoms with E-state index >= 15 is 0 Å². The van der Waals surface area contributed by atoms with Crippen LogP contribution in [0.15, 0.2) is 12.1 Å². The Hall–Kier alpha value is -1.50. The van der Waals surface area contributed by atoms with Crippen molar-refractivity contribution in [2.45, 2.75) is 39.8 Å². The molecule has 1 aliphatic heterocycles. The molecule has 0 bridgehead atoms. The monoisotopic (exact) mass is 332 g/mol. The van der Waals surface area contributed by atoms with Gasteiger partial charge in [0.1, 0.15) is 0 Å². The van der Waals surface area contributed by atoms with Gasteiger partial charge in [0, 0.05) is 31.0 Å². The molecule has 0 saturated carbocycles. The van der Waals surface area contributed by atoms with Crippen molar-refractivity contribution in [1.29, 1.82) is 0 Å². The molecular formula is C17H24N4OS. The molecule has 124 valence electrons. The van der Waals surface area contributed by atoms with Crippen molar-refractivity contribution >= 4 is 16.5 Å². The first kappa shape index (κ1) is 16.4. The van der Waals surface area contributed by atoms with E-state index in [9.17, 15) is 0 Å². The van der Waals surface area contributed by atoms with Crippen molar-refractivity contribution < 1.29 is 4.74 Å². The molecule has 6 heteroatoms. The lowest BCUT2D eigenvalue weighted by atomic mass is 10.1. The van der Waals surface area contributed by atoms with E-state index in [1.54, 1.807) is 11.3 Å². The SMILES string of the molecule is Cc1cc(-c2sc(N3CCOC(C)(C)C3)nc2CN)cc(C)n1. The molecular weight excluding hydrogens is 308 g/mol. The summed E-state index contributed by atoms with van der Waals surface area (Å²) >= 11 is 1.71. The van der Waals surface area contributed by atoms with Crippen LogP contribution in [-0.2, 0) is 11.3 Å². The smallest absolute Gasteiger partial charge is 0.186 e. The summed E-state index contributed by atoms with van der Waals surface area (Å²) in [4.78, 5) is 12.7. The Kier molecular flexibility index (Phi) is 4.40. The predicted octanol–water partition coefficient (Wildman–Crippen LogP) is 2.90. The summed E-state index contributed by atoms with van der Waals surface area (Å²) < 4.78 is 5.80. The summed E-state index contributed by atoms with van der Waals surface area (Å²) in [5, 5.41) is 1.03. The number of anilines is 1. The number of morpholine rings is 1. The number of hydrogen-bond acceptors (Lipinski definition) is 6. The minimum atomic E-state index is -0.142. The number of aryl methyl sites for hydroxylation is 2. The summed E-state index contributed by atoms with van der Waals surface area (Å²) in [5.41, 5.74) is 9.96. The average molecular weight is 332 g/mol. The number of aromatic nitrogens is 2. The number of nitrogens with two attached hydrogens (primary N) is 1. The highest BCUT2D eigenvalue weighted by Gasteiger charge is 2.29. The molecule has 0 aliphatic carbocycles. The van der Waals surface area contributed by atoms with E-state index in [0.717, 1.165) is 52.4 Å². The second kappa shape index (κ2) is 6.19. The third kappa shape index (κ3) is 3.54. The maximum absolute atomic E-state index is 5.95. The van der Waals surface area contributed by atoms with Crippen molar-refractivity contribution in [2.24, 2.45) is 5.73 Å². The van der Waals surface area contributed by atoms with Crippen LogP contribution in [0.5, 0.6) is 0 Å². The maximum atomic E-state index is 5.95. The van der Waals surface area contributed by atoms with E-state index in [-0.39, 0.29) is 5.60 Å². The molecule has 5 nitrogen and oxygen atoms in total. The zero-order chi connectivity index (χ0) is 16.6. The van der Waals surface area contributed by atoms with E-state index in [1.807, 2.05) is 13.8 Å². The first-order valence-electron chi connectivity index (χ1n) is 7.92. The summed E-state index contributed by atoms with van der Waals surface area (Å²) in [6.07, 6.45) is 0. The van der Waals surface area contributed by atoms with Gasteiger partial charge in [-0.2, -0.15) is 0 Å². The van der Waals surface area contributed by atoms with Crippen LogP contribution in [0.4, 0.5) is 5.13 Å². The molecule has 2 aromatic rings. The zero-order valence-electron chi connectivity index (χ0n) is 14.2. The second-order valence-corrected chi connectivity index (χ2v) is 7.62. The lowest BCUT2D eigenvalue weighted by Gasteiger charge is -2.38. The molecule has 3 heterocycles. The number of ether oxygens (including phenoxy) is 1. The molecule has 1 fully saturated rings. The molecule has 0 unspecified atom stereocenters. The summed E-state index contributed by atoms with van der Waals surface area (Å²) in [6.45, 7) is 11.2. The van der Waals surface area contributed by atoms with Gasteiger partial charge in [-0.15, -0.1) is 0 Å². The summed E-state index contributed by atoms with van der Waals surface area (Å²) in [6, 6.07) is 4.21. The van der Waals surface area contributed by atoms with Crippen LogP contribution in [-0.4, -0.2) is 35.3 Å². The Morgan fingerprint density at radius 3 is 2.57 bits per heavy atom. The predicted molar refractivity (Wildman–Crippen MR) is 95.0 cm³/mol. The molecule has 3 rings (SSSR count). The zero-order valence-corrected chi connectivity index (χ0v) is 15.0. The maximum Gasteiger partial charge on any atom is 0.186 e. The molecule has 0 spiro atoms. The van der Waals surface area contributed by atoms with Gasteiger partial charge in [-0.05, 0) is 45.4 Å². The van der Waals surface area contributed by atoms with Crippen LogP contribution in [0, 0.1) is 13.8 Å². The fourth-order valence-electron chi connectivity index (χ4n) is 2.98. The number of rotatable bonds is 3. The van der Waals surface area contributed by atoms with Gasteiger partial charge >= 0.3 is 0 Å². The van der Waals surface area contributed by atoms with Crippen LogP contribution >= 0.6 is 11.3 Å². The molecule has 23 heavy (non-hydrogen) atoms. The average Bonchev–Trinajstić information content (AvgIpc) is 2.89. The van der Waals surface area contributed by atoms with Crippen LogP contribution < -0.4 is 10.6 Å². The standard InChI is InChI=1S/C17H24N4OS/c1-11-7-13(8-12(2)19-11)15-14(9-18)20-16(23-15)21-5-6-22-17(3,4)10-21/h7-8H,5-6,9-10,18H2,1-4H3. The fourth-order valence-corrected chi connectivity index (χ4v) is 4.09. The number of pyridine rings is 1. The second-order valence-electron chi connectivity index (χ2n) is 6.64. The van der Waals surface area contributed by atoms with E-state index in [2.05, 4.69) is 35.9 Å². The Balaban J connectivity index is 1.97. The van der Waals surface area contributed by atoms with Gasteiger partial charge in [-0.25, -0.2) is 4.98 Å². The van der Waals surface area contributed by atoms with E-state index in [1.165, 1.54) is 0 Å². The van der Waals surface area contributed by atoms with Gasteiger partial charge in [-0.1, -0.05) is 11.3 Å². The number of hydrogen-bond donors (Lipinski definition) is 1. The van der Waals surface area contributed by atoms with Gasteiger partial charge in [0.25, 0.3) is 0 Å². The van der Waals surface area contributed by atoms with Crippen molar-refractivity contribution in [3.8, 4) is 10.4 Å². The van der Waals surface area contributed by atoms with Gasteiger partial charge in [0.15, 0.2) is 5.13 Å². The molecule has 1 saturated heterocycles. The third-order valence-electron chi connectivity index (χ3n) is 3.92. The summed E-state index contributed by atoms with van der Waals surface area (Å²) in [7, 11) is 0. The highest BCUT2D eigenvalue weighted by molar-refractivity contribution is 7.19. The molecule has 2 N–H and O–H groups in total. The molecule has 0 atom stereocenters. The largest absolute Gasteiger partial charge is 0.372 e. The fraction of sp³-hybridized carbons (Fsp3) is 0.529. The molecule has 0 aromatic carbocycles. The normalized spacial score (nSPS) is 17.5. The van der Waals surface area contributed by atoms with Crippen molar-refractivity contribution in [3.63, 3.8) is 0 Å². The van der Waals surface area contributed by atoms with E-state index in [0.29, 0.717) is 6.54 Å². The van der Waals surface area contributed by atoms with Crippen molar-refractivity contribution in [1.82, 2.24) is 9.97 Å². The first-order chi connectivity index (χ1) is 10.9. The highest BCUT2D eigenvalue weighted by Crippen LogP contribution is 2.36. The topological polar surface area (TPSA) is 64.3 Å². The Bertz CT molecular complexity index is 690. The molecule has 0 radical (unpaired) electrons. The van der Waals surface area contributed by atoms with E-state index < -0.39 is 0 Å².